The largest absolute Gasteiger partial charge is 0.401 e. The third-order valence-corrected chi connectivity index (χ3v) is 3.66. The quantitative estimate of drug-likeness (QED) is 0.818. The van der Waals surface area contributed by atoms with Crippen LogP contribution in [0.1, 0.15) is 33.6 Å². The molecule has 0 amide bonds. The molecule has 5 heteroatoms. The highest BCUT2D eigenvalue weighted by atomic mass is 19.4. The Morgan fingerprint density at radius 2 is 1.94 bits per heavy atom. The van der Waals surface area contributed by atoms with E-state index in [9.17, 15) is 13.2 Å². The Labute approximate surface area is 95.0 Å². The van der Waals surface area contributed by atoms with Crippen molar-refractivity contribution in [2.45, 2.75) is 51.9 Å². The first-order valence-corrected chi connectivity index (χ1v) is 5.74. The van der Waals surface area contributed by atoms with Crippen molar-refractivity contribution in [1.82, 2.24) is 4.90 Å². The molecule has 2 N–H and O–H groups in total. The van der Waals surface area contributed by atoms with Gasteiger partial charge in [-0.2, -0.15) is 13.2 Å². The molecule has 0 aromatic carbocycles. The van der Waals surface area contributed by atoms with Gasteiger partial charge >= 0.3 is 6.18 Å². The van der Waals surface area contributed by atoms with Gasteiger partial charge in [-0.3, -0.25) is 4.90 Å². The maximum atomic E-state index is 12.4. The molecule has 0 saturated heterocycles. The molecule has 0 spiro atoms. The second kappa shape index (κ2) is 4.53. The van der Waals surface area contributed by atoms with Crippen molar-refractivity contribution in [2.24, 2.45) is 11.1 Å². The first-order valence-electron chi connectivity index (χ1n) is 5.74. The van der Waals surface area contributed by atoms with E-state index in [1.54, 1.807) is 6.92 Å². The lowest BCUT2D eigenvalue weighted by atomic mass is 9.87. The van der Waals surface area contributed by atoms with Gasteiger partial charge in [0.15, 0.2) is 0 Å². The summed E-state index contributed by atoms with van der Waals surface area (Å²) in [6.07, 6.45) is -2.48. The van der Waals surface area contributed by atoms with Gasteiger partial charge in [0.05, 0.1) is 6.54 Å². The number of halogens is 3. The summed E-state index contributed by atoms with van der Waals surface area (Å²) >= 11 is 0. The monoisotopic (exact) mass is 238 g/mol. The van der Waals surface area contributed by atoms with Crippen molar-refractivity contribution in [3.8, 4) is 0 Å². The normalized spacial score (nSPS) is 30.0. The van der Waals surface area contributed by atoms with Crippen LogP contribution in [0.25, 0.3) is 0 Å². The zero-order valence-electron chi connectivity index (χ0n) is 10.1. The van der Waals surface area contributed by atoms with Gasteiger partial charge in [0.25, 0.3) is 0 Å². The average molecular weight is 238 g/mol. The second-order valence-electron chi connectivity index (χ2n) is 5.30. The molecule has 1 aliphatic carbocycles. The molecular weight excluding hydrogens is 217 g/mol. The highest BCUT2D eigenvalue weighted by molar-refractivity contribution is 4.99. The minimum Gasteiger partial charge on any atom is -0.326 e. The summed E-state index contributed by atoms with van der Waals surface area (Å²) in [6, 6.07) is -0.309. The zero-order chi connectivity index (χ0) is 12.6. The van der Waals surface area contributed by atoms with Crippen LogP contribution in [-0.4, -0.2) is 36.2 Å². The van der Waals surface area contributed by atoms with Crippen molar-refractivity contribution in [2.75, 3.05) is 13.1 Å². The lowest BCUT2D eigenvalue weighted by Gasteiger charge is -2.34. The van der Waals surface area contributed by atoms with Gasteiger partial charge in [-0.25, -0.2) is 0 Å². The van der Waals surface area contributed by atoms with E-state index >= 15 is 0 Å². The van der Waals surface area contributed by atoms with E-state index in [0.717, 1.165) is 12.8 Å². The number of nitrogens with two attached hydrogens (primary N) is 1. The number of likely N-dealkylation sites (N-methyl/N-ethyl adjacent to an activating group) is 1. The minimum atomic E-state index is -4.14. The third-order valence-electron chi connectivity index (χ3n) is 3.66. The highest BCUT2D eigenvalue weighted by Crippen LogP contribution is 2.39. The topological polar surface area (TPSA) is 29.3 Å². The lowest BCUT2D eigenvalue weighted by molar-refractivity contribution is -0.151. The van der Waals surface area contributed by atoms with Gasteiger partial charge in [-0.1, -0.05) is 20.8 Å². The SMILES string of the molecule is CCN(CC(F)(F)F)C1CCC(C)(C)C1N. The minimum absolute atomic E-state index is 0.0519. The van der Waals surface area contributed by atoms with Crippen molar-refractivity contribution in [3.63, 3.8) is 0 Å². The molecule has 2 atom stereocenters. The van der Waals surface area contributed by atoms with E-state index in [-0.39, 0.29) is 17.5 Å². The average Bonchev–Trinajstić information content (AvgIpc) is 2.38. The Morgan fingerprint density at radius 1 is 1.38 bits per heavy atom. The fourth-order valence-electron chi connectivity index (χ4n) is 2.49. The molecule has 1 fully saturated rings. The standard InChI is InChI=1S/C11H21F3N2/c1-4-16(7-11(12,13)14)8-5-6-10(2,3)9(8)15/h8-9H,4-7,15H2,1-3H3. The summed E-state index contributed by atoms with van der Waals surface area (Å²) in [4.78, 5) is 1.46. The van der Waals surface area contributed by atoms with Crippen molar-refractivity contribution in [1.29, 1.82) is 0 Å². The summed E-state index contributed by atoms with van der Waals surface area (Å²) < 4.78 is 37.2. The zero-order valence-corrected chi connectivity index (χ0v) is 10.1. The first kappa shape index (κ1) is 13.8. The van der Waals surface area contributed by atoms with Crippen LogP contribution in [0.3, 0.4) is 0 Å². The molecule has 0 aromatic heterocycles. The molecule has 96 valence electrons. The summed E-state index contributed by atoms with van der Waals surface area (Å²) in [7, 11) is 0. The molecule has 2 nitrogen and oxygen atoms in total. The Balaban J connectivity index is 2.68. The van der Waals surface area contributed by atoms with Crippen molar-refractivity contribution in [3.05, 3.63) is 0 Å². The molecule has 2 unspecified atom stereocenters. The van der Waals surface area contributed by atoms with E-state index in [1.165, 1.54) is 4.90 Å². The first-order chi connectivity index (χ1) is 7.17. The van der Waals surface area contributed by atoms with E-state index in [2.05, 4.69) is 0 Å². The molecule has 0 bridgehead atoms. The van der Waals surface area contributed by atoms with Gasteiger partial charge in [-0.05, 0) is 24.8 Å². The number of rotatable bonds is 3. The van der Waals surface area contributed by atoms with Crippen molar-refractivity contribution < 1.29 is 13.2 Å². The van der Waals surface area contributed by atoms with Gasteiger partial charge in [-0.15, -0.1) is 0 Å². The summed E-state index contributed by atoms with van der Waals surface area (Å²) in [5.74, 6) is 0. The highest BCUT2D eigenvalue weighted by Gasteiger charge is 2.44. The maximum Gasteiger partial charge on any atom is 0.401 e. The second-order valence-corrected chi connectivity index (χ2v) is 5.30. The smallest absolute Gasteiger partial charge is 0.326 e. The molecule has 0 heterocycles. The molecule has 0 aliphatic heterocycles. The van der Waals surface area contributed by atoms with Crippen LogP contribution in [0.4, 0.5) is 13.2 Å². The Bertz CT molecular complexity index is 238. The van der Waals surface area contributed by atoms with Crippen LogP contribution in [0.15, 0.2) is 0 Å². The van der Waals surface area contributed by atoms with Crippen LogP contribution < -0.4 is 5.73 Å². The van der Waals surface area contributed by atoms with Crippen LogP contribution in [0.2, 0.25) is 0 Å². The Morgan fingerprint density at radius 3 is 2.25 bits per heavy atom. The molecule has 0 radical (unpaired) electrons. The molecule has 1 rings (SSSR count). The third kappa shape index (κ3) is 3.10. The fraction of sp³-hybridized carbons (Fsp3) is 1.00. The van der Waals surface area contributed by atoms with Gasteiger partial charge < -0.3 is 5.73 Å². The van der Waals surface area contributed by atoms with Gasteiger partial charge in [0.1, 0.15) is 0 Å². The van der Waals surface area contributed by atoms with Gasteiger partial charge in [0, 0.05) is 12.1 Å². The molecule has 1 saturated carbocycles. The van der Waals surface area contributed by atoms with E-state index in [1.807, 2.05) is 13.8 Å². The Kier molecular flexibility index (Phi) is 3.90. The van der Waals surface area contributed by atoms with E-state index in [0.29, 0.717) is 6.54 Å². The van der Waals surface area contributed by atoms with E-state index in [4.69, 9.17) is 5.73 Å². The lowest BCUT2D eigenvalue weighted by Crippen LogP contribution is -2.51. The maximum absolute atomic E-state index is 12.4. The summed E-state index contributed by atoms with van der Waals surface area (Å²) in [5, 5.41) is 0. The predicted molar refractivity (Wildman–Crippen MR) is 58.1 cm³/mol. The fourth-order valence-corrected chi connectivity index (χ4v) is 2.49. The number of alkyl halides is 3. The molecule has 16 heavy (non-hydrogen) atoms. The van der Waals surface area contributed by atoms with Crippen LogP contribution in [0.5, 0.6) is 0 Å². The van der Waals surface area contributed by atoms with Crippen LogP contribution >= 0.6 is 0 Å². The predicted octanol–water partition coefficient (Wildman–Crippen LogP) is 2.39. The molecular formula is C11H21F3N2. The van der Waals surface area contributed by atoms with E-state index < -0.39 is 12.7 Å². The van der Waals surface area contributed by atoms with Gasteiger partial charge in [0.2, 0.25) is 0 Å². The number of nitrogens with zero attached hydrogens (tertiary/aromatic N) is 1. The Hall–Kier alpha value is -0.290. The molecule has 0 aromatic rings. The summed E-state index contributed by atoms with van der Waals surface area (Å²) in [5.41, 5.74) is 5.99. The van der Waals surface area contributed by atoms with Crippen LogP contribution in [-0.2, 0) is 0 Å². The van der Waals surface area contributed by atoms with Crippen molar-refractivity contribution >= 4 is 0 Å². The number of hydrogen-bond donors (Lipinski definition) is 1. The number of hydrogen-bond acceptors (Lipinski definition) is 2. The molecule has 1 aliphatic rings. The summed E-state index contributed by atoms with van der Waals surface area (Å²) in [6.45, 7) is 5.36. The van der Waals surface area contributed by atoms with Crippen LogP contribution in [0, 0.1) is 5.41 Å².